The highest BCUT2D eigenvalue weighted by atomic mass is 16.3. The molecule has 0 aromatic heterocycles. The highest BCUT2D eigenvalue weighted by molar-refractivity contribution is 5.74. The zero-order valence-corrected chi connectivity index (χ0v) is 11.9. The fourth-order valence-electron chi connectivity index (χ4n) is 3.44. The van der Waals surface area contributed by atoms with Gasteiger partial charge in [-0.2, -0.15) is 0 Å². The topological polar surface area (TPSA) is 61.4 Å². The molecular formula is C15H28N2O2. The molecule has 0 aromatic rings. The van der Waals surface area contributed by atoms with Gasteiger partial charge < -0.3 is 15.7 Å². The standard InChI is InChI=1S/C15H28N2O2/c18-12-15(9-5-2-6-10-15)11-16-14(19)17-13-7-3-1-4-8-13/h13,18H,1-12H2,(H2,16,17,19). The van der Waals surface area contributed by atoms with E-state index in [4.69, 9.17) is 0 Å². The maximum Gasteiger partial charge on any atom is 0.315 e. The van der Waals surface area contributed by atoms with E-state index in [1.54, 1.807) is 0 Å². The predicted octanol–water partition coefficient (Wildman–Crippen LogP) is 2.56. The minimum Gasteiger partial charge on any atom is -0.396 e. The number of amides is 2. The summed E-state index contributed by atoms with van der Waals surface area (Å²) in [4.78, 5) is 11.9. The molecule has 19 heavy (non-hydrogen) atoms. The molecule has 0 bridgehead atoms. The van der Waals surface area contributed by atoms with Crippen molar-refractivity contribution in [3.63, 3.8) is 0 Å². The molecule has 0 saturated heterocycles. The van der Waals surface area contributed by atoms with Crippen molar-refractivity contribution >= 4 is 6.03 Å². The van der Waals surface area contributed by atoms with E-state index in [1.807, 2.05) is 0 Å². The molecule has 0 aromatic carbocycles. The van der Waals surface area contributed by atoms with Gasteiger partial charge >= 0.3 is 6.03 Å². The Balaban J connectivity index is 1.72. The van der Waals surface area contributed by atoms with Crippen LogP contribution >= 0.6 is 0 Å². The minimum absolute atomic E-state index is 0.0506. The summed E-state index contributed by atoms with van der Waals surface area (Å²) >= 11 is 0. The molecule has 0 aliphatic heterocycles. The fraction of sp³-hybridized carbons (Fsp3) is 0.933. The summed E-state index contributed by atoms with van der Waals surface area (Å²) in [6.45, 7) is 0.804. The maximum atomic E-state index is 11.9. The summed E-state index contributed by atoms with van der Waals surface area (Å²) in [6.07, 6.45) is 11.6. The first-order chi connectivity index (χ1) is 9.24. The Bertz CT molecular complexity index is 282. The lowest BCUT2D eigenvalue weighted by Crippen LogP contribution is -2.48. The number of hydrogen-bond donors (Lipinski definition) is 3. The average Bonchev–Trinajstić information content (AvgIpc) is 2.47. The molecule has 2 fully saturated rings. The van der Waals surface area contributed by atoms with E-state index in [0.29, 0.717) is 12.6 Å². The second kappa shape index (κ2) is 7.13. The molecule has 0 atom stereocenters. The zero-order chi connectivity index (χ0) is 13.6. The molecule has 0 radical (unpaired) electrons. The monoisotopic (exact) mass is 268 g/mol. The number of rotatable bonds is 4. The number of carbonyl (C=O) groups excluding carboxylic acids is 1. The predicted molar refractivity (Wildman–Crippen MR) is 76.0 cm³/mol. The zero-order valence-electron chi connectivity index (χ0n) is 11.9. The van der Waals surface area contributed by atoms with Gasteiger partial charge in [0.15, 0.2) is 0 Å². The van der Waals surface area contributed by atoms with Gasteiger partial charge in [-0.05, 0) is 25.7 Å². The highest BCUT2D eigenvalue weighted by Crippen LogP contribution is 2.35. The summed E-state index contributed by atoms with van der Waals surface area (Å²) in [6, 6.07) is 0.301. The number of carbonyl (C=O) groups is 1. The fourth-order valence-corrected chi connectivity index (χ4v) is 3.44. The molecule has 2 rings (SSSR count). The van der Waals surface area contributed by atoms with E-state index in [1.165, 1.54) is 38.5 Å². The second-order valence-corrected chi connectivity index (χ2v) is 6.38. The number of hydrogen-bond acceptors (Lipinski definition) is 2. The van der Waals surface area contributed by atoms with E-state index in [0.717, 1.165) is 25.7 Å². The van der Waals surface area contributed by atoms with Crippen molar-refractivity contribution in [1.29, 1.82) is 0 Å². The molecule has 4 nitrogen and oxygen atoms in total. The van der Waals surface area contributed by atoms with E-state index in [9.17, 15) is 9.90 Å². The third kappa shape index (κ3) is 4.37. The van der Waals surface area contributed by atoms with Gasteiger partial charge in [-0.1, -0.05) is 38.5 Å². The van der Waals surface area contributed by atoms with Crippen molar-refractivity contribution in [1.82, 2.24) is 10.6 Å². The first-order valence-corrected chi connectivity index (χ1v) is 7.89. The van der Waals surface area contributed by atoms with Gasteiger partial charge in [0.05, 0.1) is 6.61 Å². The lowest BCUT2D eigenvalue weighted by molar-refractivity contribution is 0.0832. The normalized spacial score (nSPS) is 23.8. The molecular weight excluding hydrogens is 240 g/mol. The number of urea groups is 1. The summed E-state index contributed by atoms with van der Waals surface area (Å²) < 4.78 is 0. The third-order valence-corrected chi connectivity index (χ3v) is 4.81. The molecule has 0 heterocycles. The Morgan fingerprint density at radius 3 is 2.32 bits per heavy atom. The SMILES string of the molecule is O=C(NCC1(CO)CCCCC1)NC1CCCCC1. The van der Waals surface area contributed by atoms with E-state index in [-0.39, 0.29) is 18.1 Å². The van der Waals surface area contributed by atoms with Crippen LogP contribution in [0.15, 0.2) is 0 Å². The Kier molecular flexibility index (Phi) is 5.49. The molecule has 2 aliphatic rings. The lowest BCUT2D eigenvalue weighted by atomic mass is 9.74. The molecule has 0 unspecified atom stereocenters. The third-order valence-electron chi connectivity index (χ3n) is 4.81. The largest absolute Gasteiger partial charge is 0.396 e. The summed E-state index contributed by atoms with van der Waals surface area (Å²) in [5, 5.41) is 15.7. The van der Waals surface area contributed by atoms with Gasteiger partial charge in [0.25, 0.3) is 0 Å². The smallest absolute Gasteiger partial charge is 0.315 e. The molecule has 2 amide bonds. The first-order valence-electron chi connectivity index (χ1n) is 7.89. The van der Waals surface area contributed by atoms with Crippen LogP contribution in [-0.4, -0.2) is 30.3 Å². The van der Waals surface area contributed by atoms with Crippen LogP contribution < -0.4 is 10.6 Å². The van der Waals surface area contributed by atoms with Crippen molar-refractivity contribution in [2.75, 3.05) is 13.2 Å². The van der Waals surface area contributed by atoms with Gasteiger partial charge in [-0.3, -0.25) is 0 Å². The second-order valence-electron chi connectivity index (χ2n) is 6.38. The molecule has 110 valence electrons. The van der Waals surface area contributed by atoms with Crippen molar-refractivity contribution in [2.45, 2.75) is 70.3 Å². The van der Waals surface area contributed by atoms with Crippen molar-refractivity contribution in [2.24, 2.45) is 5.41 Å². The Labute approximate surface area is 116 Å². The lowest BCUT2D eigenvalue weighted by Gasteiger charge is -2.36. The number of aliphatic hydroxyl groups excluding tert-OH is 1. The molecule has 0 spiro atoms. The van der Waals surface area contributed by atoms with Crippen LogP contribution in [0.2, 0.25) is 0 Å². The first kappa shape index (κ1) is 14.6. The summed E-state index contributed by atoms with van der Waals surface area (Å²) in [7, 11) is 0. The van der Waals surface area contributed by atoms with Crippen LogP contribution in [0.3, 0.4) is 0 Å². The van der Waals surface area contributed by atoms with E-state index in [2.05, 4.69) is 10.6 Å². The number of aliphatic hydroxyl groups is 1. The van der Waals surface area contributed by atoms with Gasteiger partial charge in [-0.25, -0.2) is 4.79 Å². The minimum atomic E-state index is -0.0673. The van der Waals surface area contributed by atoms with Gasteiger partial charge in [-0.15, -0.1) is 0 Å². The maximum absolute atomic E-state index is 11.9. The van der Waals surface area contributed by atoms with Crippen LogP contribution in [0.25, 0.3) is 0 Å². The molecule has 3 N–H and O–H groups in total. The van der Waals surface area contributed by atoms with Gasteiger partial charge in [0, 0.05) is 18.0 Å². The summed E-state index contributed by atoms with van der Waals surface area (Å²) in [5.41, 5.74) is -0.0673. The Morgan fingerprint density at radius 1 is 1.05 bits per heavy atom. The van der Waals surface area contributed by atoms with Crippen molar-refractivity contribution in [3.8, 4) is 0 Å². The van der Waals surface area contributed by atoms with Gasteiger partial charge in [0.1, 0.15) is 0 Å². The molecule has 4 heteroatoms. The molecule has 2 saturated carbocycles. The van der Waals surface area contributed by atoms with Crippen molar-refractivity contribution < 1.29 is 9.90 Å². The highest BCUT2D eigenvalue weighted by Gasteiger charge is 2.31. The van der Waals surface area contributed by atoms with Crippen LogP contribution in [0.1, 0.15) is 64.2 Å². The molecule has 2 aliphatic carbocycles. The average molecular weight is 268 g/mol. The van der Waals surface area contributed by atoms with Crippen molar-refractivity contribution in [3.05, 3.63) is 0 Å². The summed E-state index contributed by atoms with van der Waals surface area (Å²) in [5.74, 6) is 0. The Morgan fingerprint density at radius 2 is 1.68 bits per heavy atom. The Hall–Kier alpha value is -0.770. The quantitative estimate of drug-likeness (QED) is 0.734. The van der Waals surface area contributed by atoms with Crippen LogP contribution in [0, 0.1) is 5.41 Å². The van der Waals surface area contributed by atoms with E-state index < -0.39 is 0 Å². The van der Waals surface area contributed by atoms with Crippen LogP contribution in [0.5, 0.6) is 0 Å². The van der Waals surface area contributed by atoms with Crippen LogP contribution in [0.4, 0.5) is 4.79 Å². The van der Waals surface area contributed by atoms with Gasteiger partial charge in [0.2, 0.25) is 0 Å². The van der Waals surface area contributed by atoms with E-state index >= 15 is 0 Å². The number of nitrogens with one attached hydrogen (secondary N) is 2. The van der Waals surface area contributed by atoms with Crippen LogP contribution in [-0.2, 0) is 0 Å².